The van der Waals surface area contributed by atoms with Crippen LogP contribution in [0.1, 0.15) is 16.1 Å². The van der Waals surface area contributed by atoms with Gasteiger partial charge in [0.15, 0.2) is 0 Å². The number of carbonyl (C=O) groups is 1. The number of anilines is 1. The molecule has 0 atom stereocenters. The van der Waals surface area contributed by atoms with Crippen molar-refractivity contribution in [3.63, 3.8) is 0 Å². The smallest absolute Gasteiger partial charge is 0.274 e. The van der Waals surface area contributed by atoms with Gasteiger partial charge in [0.1, 0.15) is 11.5 Å². The Morgan fingerprint density at radius 2 is 2.20 bits per heavy atom. The first-order valence-electron chi connectivity index (χ1n) is 6.10. The molecule has 1 aromatic heterocycles. The van der Waals surface area contributed by atoms with Gasteiger partial charge in [0.25, 0.3) is 5.91 Å². The summed E-state index contributed by atoms with van der Waals surface area (Å²) in [5, 5.41) is 3.51. The van der Waals surface area contributed by atoms with Crippen molar-refractivity contribution in [2.75, 3.05) is 19.4 Å². The van der Waals surface area contributed by atoms with Crippen LogP contribution in [0.4, 0.5) is 5.82 Å². The summed E-state index contributed by atoms with van der Waals surface area (Å²) in [5.41, 5.74) is 1.27. The van der Waals surface area contributed by atoms with Crippen LogP contribution >= 0.6 is 11.6 Å². The molecule has 0 spiro atoms. The molecular weight excluding hydrogens is 276 g/mol. The van der Waals surface area contributed by atoms with Crippen molar-refractivity contribution in [1.29, 1.82) is 0 Å². The van der Waals surface area contributed by atoms with Crippen molar-refractivity contribution < 1.29 is 4.79 Å². The lowest BCUT2D eigenvalue weighted by Gasteiger charge is -2.17. The lowest BCUT2D eigenvalue weighted by molar-refractivity contribution is 0.0779. The van der Waals surface area contributed by atoms with Gasteiger partial charge in [-0.1, -0.05) is 23.7 Å². The average molecular weight is 291 g/mol. The van der Waals surface area contributed by atoms with Crippen LogP contribution in [0.3, 0.4) is 0 Å². The number of nitrogens with one attached hydrogen (secondary N) is 1. The molecule has 0 aliphatic heterocycles. The van der Waals surface area contributed by atoms with Gasteiger partial charge in [-0.05, 0) is 17.7 Å². The summed E-state index contributed by atoms with van der Waals surface area (Å²) in [6.07, 6.45) is 3.02. The topological polar surface area (TPSA) is 58.1 Å². The minimum absolute atomic E-state index is 0.186. The molecule has 6 heteroatoms. The SMILES string of the molecule is CNc1cncc(C(=O)N(C)Cc2cccc(Cl)c2)n1. The van der Waals surface area contributed by atoms with Crippen LogP contribution in [0.5, 0.6) is 0 Å². The number of hydrogen-bond acceptors (Lipinski definition) is 4. The Balaban J connectivity index is 2.12. The quantitative estimate of drug-likeness (QED) is 0.940. The second kappa shape index (κ2) is 6.34. The van der Waals surface area contributed by atoms with E-state index in [1.165, 1.54) is 6.20 Å². The van der Waals surface area contributed by atoms with Crippen LogP contribution in [0.15, 0.2) is 36.7 Å². The Labute approximate surface area is 122 Å². The predicted octanol–water partition coefficient (Wildman–Crippen LogP) is 2.44. The molecule has 2 aromatic rings. The number of nitrogens with zero attached hydrogens (tertiary/aromatic N) is 3. The second-order valence-corrected chi connectivity index (χ2v) is 4.77. The molecule has 0 bridgehead atoms. The standard InChI is InChI=1S/C14H15ClN4O/c1-16-13-8-17-7-12(18-13)14(20)19(2)9-10-4-3-5-11(15)6-10/h3-8H,9H2,1-2H3,(H,16,18). The predicted molar refractivity (Wildman–Crippen MR) is 78.8 cm³/mol. The zero-order chi connectivity index (χ0) is 14.5. The largest absolute Gasteiger partial charge is 0.372 e. The Kier molecular flexibility index (Phi) is 4.53. The van der Waals surface area contributed by atoms with Gasteiger partial charge in [-0.2, -0.15) is 0 Å². The maximum Gasteiger partial charge on any atom is 0.274 e. The highest BCUT2D eigenvalue weighted by Gasteiger charge is 2.14. The van der Waals surface area contributed by atoms with Crippen molar-refractivity contribution in [3.05, 3.63) is 52.9 Å². The number of aromatic nitrogens is 2. The van der Waals surface area contributed by atoms with Crippen LogP contribution in [0.25, 0.3) is 0 Å². The second-order valence-electron chi connectivity index (χ2n) is 4.33. The summed E-state index contributed by atoms with van der Waals surface area (Å²) in [5.74, 6) is 0.376. The summed E-state index contributed by atoms with van der Waals surface area (Å²) >= 11 is 5.93. The molecule has 20 heavy (non-hydrogen) atoms. The van der Waals surface area contributed by atoms with E-state index in [2.05, 4.69) is 15.3 Å². The third-order valence-electron chi connectivity index (χ3n) is 2.77. The normalized spacial score (nSPS) is 10.2. The Hall–Kier alpha value is -2.14. The third kappa shape index (κ3) is 3.45. The maximum atomic E-state index is 12.3. The minimum atomic E-state index is -0.186. The van der Waals surface area contributed by atoms with E-state index in [-0.39, 0.29) is 5.91 Å². The fourth-order valence-electron chi connectivity index (χ4n) is 1.77. The van der Waals surface area contributed by atoms with Gasteiger partial charge in [-0.3, -0.25) is 9.78 Å². The third-order valence-corrected chi connectivity index (χ3v) is 3.00. The van der Waals surface area contributed by atoms with Gasteiger partial charge in [-0.15, -0.1) is 0 Å². The van der Waals surface area contributed by atoms with Crippen molar-refractivity contribution in [2.24, 2.45) is 0 Å². The first kappa shape index (κ1) is 14.3. The van der Waals surface area contributed by atoms with Crippen LogP contribution in [0.2, 0.25) is 5.02 Å². The molecular formula is C14H15ClN4O. The molecule has 1 amide bonds. The molecule has 1 N–H and O–H groups in total. The molecule has 0 saturated heterocycles. The molecule has 1 aromatic carbocycles. The van der Waals surface area contributed by atoms with E-state index in [4.69, 9.17) is 11.6 Å². The van der Waals surface area contributed by atoms with Gasteiger partial charge in [0.2, 0.25) is 0 Å². The fourth-order valence-corrected chi connectivity index (χ4v) is 1.98. The van der Waals surface area contributed by atoms with Gasteiger partial charge < -0.3 is 10.2 Å². The number of hydrogen-bond donors (Lipinski definition) is 1. The van der Waals surface area contributed by atoms with E-state index in [0.29, 0.717) is 23.1 Å². The van der Waals surface area contributed by atoms with E-state index in [0.717, 1.165) is 5.56 Å². The highest BCUT2D eigenvalue weighted by molar-refractivity contribution is 6.30. The van der Waals surface area contributed by atoms with Crippen molar-refractivity contribution in [1.82, 2.24) is 14.9 Å². The monoisotopic (exact) mass is 290 g/mol. The van der Waals surface area contributed by atoms with E-state index in [9.17, 15) is 4.79 Å². The zero-order valence-corrected chi connectivity index (χ0v) is 12.1. The van der Waals surface area contributed by atoms with E-state index < -0.39 is 0 Å². The number of amides is 1. The van der Waals surface area contributed by atoms with Crippen LogP contribution in [-0.2, 0) is 6.54 Å². The minimum Gasteiger partial charge on any atom is -0.372 e. The number of rotatable bonds is 4. The highest BCUT2D eigenvalue weighted by Crippen LogP contribution is 2.13. The molecule has 0 aliphatic carbocycles. The van der Waals surface area contributed by atoms with Crippen molar-refractivity contribution in [2.45, 2.75) is 6.54 Å². The molecule has 0 fully saturated rings. The highest BCUT2D eigenvalue weighted by atomic mass is 35.5. The molecule has 5 nitrogen and oxygen atoms in total. The van der Waals surface area contributed by atoms with Crippen LogP contribution in [0, 0.1) is 0 Å². The summed E-state index contributed by atoms with van der Waals surface area (Å²) < 4.78 is 0. The van der Waals surface area contributed by atoms with E-state index in [1.807, 2.05) is 18.2 Å². The first-order valence-corrected chi connectivity index (χ1v) is 6.47. The Morgan fingerprint density at radius 3 is 2.90 bits per heavy atom. The lowest BCUT2D eigenvalue weighted by atomic mass is 10.2. The molecule has 0 unspecified atom stereocenters. The zero-order valence-electron chi connectivity index (χ0n) is 11.3. The first-order chi connectivity index (χ1) is 9.60. The number of halogens is 1. The lowest BCUT2D eigenvalue weighted by Crippen LogP contribution is -2.27. The summed E-state index contributed by atoms with van der Waals surface area (Å²) in [6.45, 7) is 0.463. The molecule has 0 aliphatic rings. The van der Waals surface area contributed by atoms with Crippen molar-refractivity contribution >= 4 is 23.3 Å². The average Bonchev–Trinajstić information content (AvgIpc) is 2.46. The van der Waals surface area contributed by atoms with Gasteiger partial charge in [-0.25, -0.2) is 4.98 Å². The van der Waals surface area contributed by atoms with Gasteiger partial charge >= 0.3 is 0 Å². The van der Waals surface area contributed by atoms with Gasteiger partial charge in [0, 0.05) is 25.7 Å². The summed E-state index contributed by atoms with van der Waals surface area (Å²) in [7, 11) is 3.45. The Morgan fingerprint density at radius 1 is 1.40 bits per heavy atom. The van der Waals surface area contributed by atoms with Crippen LogP contribution < -0.4 is 5.32 Å². The summed E-state index contributed by atoms with van der Waals surface area (Å²) in [6, 6.07) is 7.42. The van der Waals surface area contributed by atoms with E-state index >= 15 is 0 Å². The Bertz CT molecular complexity index is 618. The number of carbonyl (C=O) groups excluding carboxylic acids is 1. The number of benzene rings is 1. The molecule has 0 saturated carbocycles. The molecule has 0 radical (unpaired) electrons. The van der Waals surface area contributed by atoms with Gasteiger partial charge in [0.05, 0.1) is 12.4 Å². The molecule has 104 valence electrons. The van der Waals surface area contributed by atoms with Crippen LogP contribution in [-0.4, -0.2) is 34.9 Å². The molecule has 2 rings (SSSR count). The maximum absolute atomic E-state index is 12.3. The van der Waals surface area contributed by atoms with E-state index in [1.54, 1.807) is 31.3 Å². The summed E-state index contributed by atoms with van der Waals surface area (Å²) in [4.78, 5) is 22.0. The molecule has 1 heterocycles. The fraction of sp³-hybridized carbons (Fsp3) is 0.214. The van der Waals surface area contributed by atoms with Crippen molar-refractivity contribution in [3.8, 4) is 0 Å².